The predicted molar refractivity (Wildman–Crippen MR) is 102 cm³/mol. The van der Waals surface area contributed by atoms with Crippen LogP contribution in [0, 0.1) is 0 Å². The van der Waals surface area contributed by atoms with Gasteiger partial charge in [0.2, 0.25) is 5.89 Å². The molecule has 0 bridgehead atoms. The average Bonchev–Trinajstić information content (AvgIpc) is 3.19. The van der Waals surface area contributed by atoms with Gasteiger partial charge < -0.3 is 9.73 Å². The van der Waals surface area contributed by atoms with Gasteiger partial charge in [-0.1, -0.05) is 60.7 Å². The zero-order chi connectivity index (χ0) is 17.1. The maximum absolute atomic E-state index is 6.08. The molecule has 0 unspecified atom stereocenters. The van der Waals surface area contributed by atoms with Crippen molar-refractivity contribution in [3.05, 3.63) is 85.1 Å². The van der Waals surface area contributed by atoms with E-state index in [-0.39, 0.29) is 0 Å². The van der Waals surface area contributed by atoms with E-state index in [1.54, 1.807) is 6.20 Å². The van der Waals surface area contributed by atoms with Crippen LogP contribution < -0.4 is 5.32 Å². The summed E-state index contributed by atoms with van der Waals surface area (Å²) in [5.74, 6) is 1.39. The second kappa shape index (κ2) is 6.65. The highest BCUT2D eigenvalue weighted by Crippen LogP contribution is 2.33. The third-order valence-electron chi connectivity index (χ3n) is 4.18. The molecule has 0 aliphatic heterocycles. The van der Waals surface area contributed by atoms with Crippen LogP contribution in [0.2, 0.25) is 0 Å². The Morgan fingerprint density at radius 3 is 2.28 bits per heavy atom. The van der Waals surface area contributed by atoms with E-state index < -0.39 is 0 Å². The highest BCUT2D eigenvalue weighted by Gasteiger charge is 2.13. The van der Waals surface area contributed by atoms with Crippen molar-refractivity contribution < 1.29 is 4.42 Å². The van der Waals surface area contributed by atoms with E-state index in [1.807, 2.05) is 67.7 Å². The average molecular weight is 326 g/mol. The minimum atomic E-state index is 0.629. The fourth-order valence-corrected chi connectivity index (χ4v) is 2.90. The van der Waals surface area contributed by atoms with E-state index in [9.17, 15) is 0 Å². The Balaban J connectivity index is 1.76. The molecule has 0 radical (unpaired) electrons. The number of rotatable bonds is 4. The van der Waals surface area contributed by atoms with E-state index >= 15 is 0 Å². The molecule has 25 heavy (non-hydrogen) atoms. The summed E-state index contributed by atoms with van der Waals surface area (Å²) < 4.78 is 6.08. The van der Waals surface area contributed by atoms with Gasteiger partial charge in [-0.3, -0.25) is 0 Å². The highest BCUT2D eigenvalue weighted by atomic mass is 16.4. The van der Waals surface area contributed by atoms with Gasteiger partial charge in [0.05, 0.1) is 6.20 Å². The number of nitrogens with zero attached hydrogens (tertiary/aromatic N) is 1. The molecule has 4 aromatic rings. The van der Waals surface area contributed by atoms with Gasteiger partial charge in [-0.2, -0.15) is 0 Å². The van der Waals surface area contributed by atoms with Gasteiger partial charge in [-0.25, -0.2) is 4.98 Å². The first-order valence-electron chi connectivity index (χ1n) is 8.24. The van der Waals surface area contributed by atoms with Gasteiger partial charge in [0.1, 0.15) is 0 Å². The summed E-state index contributed by atoms with van der Waals surface area (Å²) in [5.41, 5.74) is 5.29. The summed E-state index contributed by atoms with van der Waals surface area (Å²) in [6.45, 7) is 0. The Hall–Kier alpha value is -3.33. The third kappa shape index (κ3) is 3.04. The van der Waals surface area contributed by atoms with Crippen LogP contribution in [-0.4, -0.2) is 12.0 Å². The zero-order valence-electron chi connectivity index (χ0n) is 13.9. The largest absolute Gasteiger partial charge is 0.436 e. The number of hydrogen-bond donors (Lipinski definition) is 1. The molecule has 0 saturated carbocycles. The molecule has 0 fully saturated rings. The first-order valence-corrected chi connectivity index (χ1v) is 8.24. The van der Waals surface area contributed by atoms with Crippen molar-refractivity contribution in [1.29, 1.82) is 0 Å². The summed E-state index contributed by atoms with van der Waals surface area (Å²) in [7, 11) is 1.90. The van der Waals surface area contributed by atoms with E-state index in [4.69, 9.17) is 4.42 Å². The molecule has 0 saturated heterocycles. The fourth-order valence-electron chi connectivity index (χ4n) is 2.90. The number of benzene rings is 3. The molecule has 4 rings (SSSR count). The van der Waals surface area contributed by atoms with Crippen molar-refractivity contribution in [2.24, 2.45) is 0 Å². The van der Waals surface area contributed by atoms with Crippen LogP contribution in [0.3, 0.4) is 0 Å². The first kappa shape index (κ1) is 15.2. The maximum atomic E-state index is 6.08. The van der Waals surface area contributed by atoms with E-state index in [1.165, 1.54) is 0 Å². The van der Waals surface area contributed by atoms with Gasteiger partial charge in [-0.05, 0) is 29.3 Å². The molecule has 3 aromatic carbocycles. The van der Waals surface area contributed by atoms with Crippen LogP contribution in [0.5, 0.6) is 0 Å². The Kier molecular flexibility index (Phi) is 4.05. The smallest absolute Gasteiger partial charge is 0.227 e. The minimum absolute atomic E-state index is 0.629. The normalized spacial score (nSPS) is 10.6. The number of aromatic nitrogens is 1. The van der Waals surface area contributed by atoms with Gasteiger partial charge in [-0.15, -0.1) is 0 Å². The number of hydrogen-bond acceptors (Lipinski definition) is 3. The second-order valence-electron chi connectivity index (χ2n) is 5.77. The Morgan fingerprint density at radius 2 is 1.48 bits per heavy atom. The molecule has 0 amide bonds. The van der Waals surface area contributed by atoms with Crippen LogP contribution in [0.1, 0.15) is 0 Å². The van der Waals surface area contributed by atoms with Crippen LogP contribution >= 0.6 is 0 Å². The lowest BCUT2D eigenvalue weighted by molar-refractivity contribution is 0.589. The molecule has 0 aliphatic carbocycles. The maximum Gasteiger partial charge on any atom is 0.227 e. The third-order valence-corrected chi connectivity index (χ3v) is 4.18. The summed E-state index contributed by atoms with van der Waals surface area (Å²) in [6, 6.07) is 26.6. The predicted octanol–water partition coefficient (Wildman–Crippen LogP) is 5.72. The number of anilines is 1. The summed E-state index contributed by atoms with van der Waals surface area (Å²) in [5, 5.41) is 3.14. The standard InChI is InChI=1S/C22H18N2O/c1-23-18-11-7-10-17(14-18)21-15-24-22(25-21)20-13-6-5-12-19(20)16-8-3-2-4-9-16/h2-15,23H,1H3. The van der Waals surface area contributed by atoms with Crippen molar-refractivity contribution in [2.45, 2.75) is 0 Å². The van der Waals surface area contributed by atoms with Crippen LogP contribution in [0.15, 0.2) is 89.5 Å². The Morgan fingerprint density at radius 1 is 0.760 bits per heavy atom. The Labute approximate surface area is 147 Å². The molecule has 0 atom stereocenters. The van der Waals surface area contributed by atoms with Gasteiger partial charge in [0, 0.05) is 23.9 Å². The monoisotopic (exact) mass is 326 g/mol. The van der Waals surface area contributed by atoms with Crippen molar-refractivity contribution in [3.63, 3.8) is 0 Å². The van der Waals surface area contributed by atoms with E-state index in [2.05, 4.69) is 28.5 Å². The van der Waals surface area contributed by atoms with Gasteiger partial charge in [0.25, 0.3) is 0 Å². The zero-order valence-corrected chi connectivity index (χ0v) is 13.9. The van der Waals surface area contributed by atoms with Gasteiger partial charge in [0.15, 0.2) is 5.76 Å². The van der Waals surface area contributed by atoms with Crippen molar-refractivity contribution in [1.82, 2.24) is 4.98 Å². The molecule has 0 aliphatic rings. The lowest BCUT2D eigenvalue weighted by atomic mass is 10.00. The SMILES string of the molecule is CNc1cccc(-c2cnc(-c3ccccc3-c3ccccc3)o2)c1. The lowest BCUT2D eigenvalue weighted by Gasteiger charge is -2.06. The van der Waals surface area contributed by atoms with Crippen molar-refractivity contribution in [3.8, 4) is 33.9 Å². The van der Waals surface area contributed by atoms with Crippen LogP contribution in [-0.2, 0) is 0 Å². The molecule has 3 nitrogen and oxygen atoms in total. The molecule has 122 valence electrons. The topological polar surface area (TPSA) is 38.1 Å². The molecule has 1 heterocycles. The molecule has 3 heteroatoms. The quantitative estimate of drug-likeness (QED) is 0.521. The van der Waals surface area contributed by atoms with E-state index in [0.29, 0.717) is 5.89 Å². The first-order chi connectivity index (χ1) is 12.3. The number of nitrogens with one attached hydrogen (secondary N) is 1. The molecule has 1 aromatic heterocycles. The second-order valence-corrected chi connectivity index (χ2v) is 5.77. The minimum Gasteiger partial charge on any atom is -0.436 e. The van der Waals surface area contributed by atoms with Crippen molar-refractivity contribution in [2.75, 3.05) is 12.4 Å². The fraction of sp³-hybridized carbons (Fsp3) is 0.0455. The molecule has 0 spiro atoms. The van der Waals surface area contributed by atoms with Crippen LogP contribution in [0.25, 0.3) is 33.9 Å². The Bertz CT molecular complexity index is 990. The lowest BCUT2D eigenvalue weighted by Crippen LogP contribution is -1.87. The molecular formula is C22H18N2O. The molecule has 1 N–H and O–H groups in total. The number of oxazole rings is 1. The molecular weight excluding hydrogens is 308 g/mol. The highest BCUT2D eigenvalue weighted by molar-refractivity contribution is 5.80. The van der Waals surface area contributed by atoms with Crippen LogP contribution in [0.4, 0.5) is 5.69 Å². The van der Waals surface area contributed by atoms with Gasteiger partial charge >= 0.3 is 0 Å². The van der Waals surface area contributed by atoms with E-state index in [0.717, 1.165) is 33.7 Å². The summed E-state index contributed by atoms with van der Waals surface area (Å²) in [4.78, 5) is 4.52. The van der Waals surface area contributed by atoms with Crippen molar-refractivity contribution >= 4 is 5.69 Å². The summed E-state index contributed by atoms with van der Waals surface area (Å²) in [6.07, 6.45) is 1.78. The summed E-state index contributed by atoms with van der Waals surface area (Å²) >= 11 is 0.